The number of phenolic OH excluding ortho intramolecular Hbond substituents is 2. The van der Waals surface area contributed by atoms with Gasteiger partial charge in [0.25, 0.3) is 0 Å². The maximum atomic E-state index is 10.4. The van der Waals surface area contributed by atoms with Crippen LogP contribution in [-0.4, -0.2) is 35.3 Å². The Hall–Kier alpha value is -1.36. The monoisotopic (exact) mass is 335 g/mol. The van der Waals surface area contributed by atoms with Crippen molar-refractivity contribution in [1.82, 2.24) is 4.90 Å². The van der Waals surface area contributed by atoms with Crippen molar-refractivity contribution in [2.24, 2.45) is 0 Å². The number of benzene rings is 2. The van der Waals surface area contributed by atoms with Crippen LogP contribution < -0.4 is 0 Å². The Kier molecular flexibility index (Phi) is 4.52. The zero-order valence-corrected chi connectivity index (χ0v) is 13.9. The highest BCUT2D eigenvalue weighted by Gasteiger charge is 2.25. The van der Waals surface area contributed by atoms with Gasteiger partial charge in [-0.05, 0) is 43.1 Å². The molecule has 0 aromatic heterocycles. The van der Waals surface area contributed by atoms with Crippen LogP contribution in [0.3, 0.4) is 0 Å². The third kappa shape index (κ3) is 2.91. The summed E-state index contributed by atoms with van der Waals surface area (Å²) >= 11 is 7.75. The number of phenols is 2. The first-order valence-corrected chi connectivity index (χ1v) is 8.44. The summed E-state index contributed by atoms with van der Waals surface area (Å²) in [6.45, 7) is 1.81. The second-order valence-corrected chi connectivity index (χ2v) is 6.98. The van der Waals surface area contributed by atoms with Crippen molar-refractivity contribution in [3.8, 4) is 11.5 Å². The maximum absolute atomic E-state index is 10.4. The molecule has 1 aliphatic heterocycles. The van der Waals surface area contributed by atoms with Gasteiger partial charge in [0.1, 0.15) is 0 Å². The summed E-state index contributed by atoms with van der Waals surface area (Å²) in [5, 5.41) is 20.8. The molecule has 2 N–H and O–H groups in total. The third-order valence-corrected chi connectivity index (χ3v) is 5.56. The number of fused-ring (bicyclic) bond motifs is 1. The molecule has 3 rings (SSSR count). The third-order valence-electron chi connectivity index (χ3n) is 4.00. The standard InChI is InChI=1S/C17H18ClNO2S/c1-19-9-7-12-13(8-10-19)17(16(21)15(20)14(12)18)22-11-5-3-2-4-6-11/h2-6,20-21H,7-10H2,1H3. The fourth-order valence-corrected chi connectivity index (χ4v) is 4.09. The summed E-state index contributed by atoms with van der Waals surface area (Å²) in [4.78, 5) is 3.99. The van der Waals surface area contributed by atoms with Crippen molar-refractivity contribution in [3.05, 3.63) is 46.5 Å². The zero-order valence-electron chi connectivity index (χ0n) is 12.3. The van der Waals surface area contributed by atoms with Gasteiger partial charge in [0.15, 0.2) is 11.5 Å². The predicted octanol–water partition coefficient (Wildman–Crippen LogP) is 3.93. The lowest BCUT2D eigenvalue weighted by Crippen LogP contribution is -2.20. The Morgan fingerprint density at radius 2 is 1.64 bits per heavy atom. The molecule has 3 nitrogen and oxygen atoms in total. The molecule has 0 saturated heterocycles. The molecule has 0 spiro atoms. The van der Waals surface area contributed by atoms with Crippen molar-refractivity contribution in [3.63, 3.8) is 0 Å². The topological polar surface area (TPSA) is 43.7 Å². The number of hydrogen-bond acceptors (Lipinski definition) is 4. The van der Waals surface area contributed by atoms with Crippen LogP contribution in [0.5, 0.6) is 11.5 Å². The Balaban J connectivity index is 2.11. The molecule has 0 bridgehead atoms. The number of halogens is 1. The van der Waals surface area contributed by atoms with Gasteiger partial charge in [-0.1, -0.05) is 41.6 Å². The van der Waals surface area contributed by atoms with Crippen LogP contribution in [0, 0.1) is 0 Å². The van der Waals surface area contributed by atoms with Gasteiger partial charge in [-0.15, -0.1) is 0 Å². The Morgan fingerprint density at radius 1 is 1.00 bits per heavy atom. The molecule has 5 heteroatoms. The van der Waals surface area contributed by atoms with Crippen molar-refractivity contribution in [2.75, 3.05) is 20.1 Å². The van der Waals surface area contributed by atoms with Crippen LogP contribution in [0.1, 0.15) is 11.1 Å². The minimum Gasteiger partial charge on any atom is -0.503 e. The van der Waals surface area contributed by atoms with Crippen LogP contribution in [0.2, 0.25) is 5.02 Å². The summed E-state index contributed by atoms with van der Waals surface area (Å²) in [6.07, 6.45) is 1.59. The molecule has 22 heavy (non-hydrogen) atoms. The van der Waals surface area contributed by atoms with Crippen molar-refractivity contribution in [2.45, 2.75) is 22.6 Å². The van der Waals surface area contributed by atoms with E-state index in [-0.39, 0.29) is 11.5 Å². The molecule has 2 aromatic rings. The van der Waals surface area contributed by atoms with E-state index in [2.05, 4.69) is 11.9 Å². The second-order valence-electron chi connectivity index (χ2n) is 5.52. The largest absolute Gasteiger partial charge is 0.503 e. The molecule has 0 unspecified atom stereocenters. The van der Waals surface area contributed by atoms with Gasteiger partial charge in [0.2, 0.25) is 0 Å². The number of likely N-dealkylation sites (N-methyl/N-ethyl adjacent to an activating group) is 1. The van der Waals surface area contributed by atoms with Crippen LogP contribution in [0.25, 0.3) is 0 Å². The van der Waals surface area contributed by atoms with Gasteiger partial charge < -0.3 is 15.1 Å². The Morgan fingerprint density at radius 3 is 2.32 bits per heavy atom. The van der Waals surface area contributed by atoms with Gasteiger partial charge in [-0.3, -0.25) is 0 Å². The Labute approximate surface area is 139 Å². The van der Waals surface area contributed by atoms with Gasteiger partial charge >= 0.3 is 0 Å². The molecule has 0 atom stereocenters. The molecule has 0 fully saturated rings. The number of aromatic hydroxyl groups is 2. The first-order chi connectivity index (χ1) is 10.6. The van der Waals surface area contributed by atoms with Crippen LogP contribution in [-0.2, 0) is 12.8 Å². The van der Waals surface area contributed by atoms with Gasteiger partial charge in [-0.25, -0.2) is 0 Å². The minimum atomic E-state index is -0.205. The van der Waals surface area contributed by atoms with Crippen molar-refractivity contribution < 1.29 is 10.2 Å². The van der Waals surface area contributed by atoms with E-state index in [4.69, 9.17) is 11.6 Å². The van der Waals surface area contributed by atoms with E-state index >= 15 is 0 Å². The molecular weight excluding hydrogens is 318 g/mol. The highest BCUT2D eigenvalue weighted by Crippen LogP contribution is 2.48. The zero-order chi connectivity index (χ0) is 15.7. The van der Waals surface area contributed by atoms with Gasteiger partial charge in [0.05, 0.1) is 9.92 Å². The molecule has 116 valence electrons. The maximum Gasteiger partial charge on any atom is 0.178 e. The highest BCUT2D eigenvalue weighted by atomic mass is 35.5. The minimum absolute atomic E-state index is 0.109. The van der Waals surface area contributed by atoms with Crippen LogP contribution in [0.15, 0.2) is 40.1 Å². The summed E-state index contributed by atoms with van der Waals surface area (Å²) in [5.41, 5.74) is 2.01. The number of hydrogen-bond donors (Lipinski definition) is 2. The van der Waals surface area contributed by atoms with Crippen molar-refractivity contribution in [1.29, 1.82) is 0 Å². The molecule has 2 aromatic carbocycles. The van der Waals surface area contributed by atoms with E-state index in [9.17, 15) is 10.2 Å². The number of rotatable bonds is 2. The molecule has 0 aliphatic carbocycles. The molecular formula is C17H18ClNO2S. The van der Waals surface area contributed by atoms with Gasteiger partial charge in [-0.2, -0.15) is 0 Å². The lowest BCUT2D eigenvalue weighted by molar-refractivity contribution is 0.352. The molecule has 0 amide bonds. The Bertz CT molecular complexity index is 691. The lowest BCUT2D eigenvalue weighted by atomic mass is 10.0. The first-order valence-electron chi connectivity index (χ1n) is 7.24. The normalized spacial score (nSPS) is 15.4. The quantitative estimate of drug-likeness (QED) is 0.816. The van der Waals surface area contributed by atoms with Crippen LogP contribution >= 0.6 is 23.4 Å². The van der Waals surface area contributed by atoms with Crippen LogP contribution in [0.4, 0.5) is 0 Å². The van der Waals surface area contributed by atoms with E-state index in [0.29, 0.717) is 5.02 Å². The van der Waals surface area contributed by atoms with E-state index in [1.54, 1.807) is 0 Å². The molecule has 0 radical (unpaired) electrons. The summed E-state index contributed by atoms with van der Waals surface area (Å²) < 4.78 is 0. The predicted molar refractivity (Wildman–Crippen MR) is 90.3 cm³/mol. The molecule has 1 aliphatic rings. The average molecular weight is 336 g/mol. The SMILES string of the molecule is CN1CCc2c(Cl)c(O)c(O)c(Sc3ccccc3)c2CC1. The van der Waals surface area contributed by atoms with Crippen molar-refractivity contribution >= 4 is 23.4 Å². The molecule has 1 heterocycles. The number of nitrogens with zero attached hydrogens (tertiary/aromatic N) is 1. The van der Waals surface area contributed by atoms with E-state index in [1.165, 1.54) is 11.8 Å². The summed E-state index contributed by atoms with van der Waals surface area (Å²) in [7, 11) is 2.07. The fourth-order valence-electron chi connectivity index (χ4n) is 2.73. The highest BCUT2D eigenvalue weighted by molar-refractivity contribution is 7.99. The van der Waals surface area contributed by atoms with Gasteiger partial charge in [0, 0.05) is 18.0 Å². The smallest absolute Gasteiger partial charge is 0.178 e. The fraction of sp³-hybridized carbons (Fsp3) is 0.294. The van der Waals surface area contributed by atoms with E-state index in [0.717, 1.165) is 46.8 Å². The summed E-state index contributed by atoms with van der Waals surface area (Å²) in [5.74, 6) is -0.314. The van der Waals surface area contributed by atoms with E-state index < -0.39 is 0 Å². The second kappa shape index (κ2) is 6.41. The van der Waals surface area contributed by atoms with E-state index in [1.807, 2.05) is 30.3 Å². The summed E-state index contributed by atoms with van der Waals surface area (Å²) in [6, 6.07) is 9.86. The molecule has 0 saturated carbocycles. The lowest BCUT2D eigenvalue weighted by Gasteiger charge is -2.17. The first kappa shape index (κ1) is 15.5. The average Bonchev–Trinajstić information content (AvgIpc) is 2.73.